The highest BCUT2D eigenvalue weighted by molar-refractivity contribution is 5.78. The summed E-state index contributed by atoms with van der Waals surface area (Å²) in [7, 11) is 3.15. The standard InChI is InChI=1S/C17H25NO4/c1-12-9-14(20-2)17(15(10-12)21-3)22-11-16(19)18-13-7-5-4-6-8-13/h9-10,13H,4-8,11H2,1-3H3,(H,18,19). The van der Waals surface area contributed by atoms with Gasteiger partial charge >= 0.3 is 0 Å². The van der Waals surface area contributed by atoms with Gasteiger partial charge in [-0.05, 0) is 37.5 Å². The fourth-order valence-electron chi connectivity index (χ4n) is 2.81. The summed E-state index contributed by atoms with van der Waals surface area (Å²) in [6.45, 7) is 1.91. The summed E-state index contributed by atoms with van der Waals surface area (Å²) < 4.78 is 16.3. The molecule has 1 saturated carbocycles. The molecule has 5 heteroatoms. The molecular formula is C17H25NO4. The Kier molecular flexibility index (Phi) is 5.92. The van der Waals surface area contributed by atoms with Crippen LogP contribution in [0.1, 0.15) is 37.7 Å². The molecule has 1 aliphatic carbocycles. The van der Waals surface area contributed by atoms with Crippen LogP contribution in [0.15, 0.2) is 12.1 Å². The Bertz CT molecular complexity index is 484. The summed E-state index contributed by atoms with van der Waals surface area (Å²) in [4.78, 5) is 12.0. The molecular weight excluding hydrogens is 282 g/mol. The predicted molar refractivity (Wildman–Crippen MR) is 84.8 cm³/mol. The number of methoxy groups -OCH3 is 2. The van der Waals surface area contributed by atoms with Crippen molar-refractivity contribution >= 4 is 5.91 Å². The lowest BCUT2D eigenvalue weighted by Crippen LogP contribution is -2.39. The number of amides is 1. The van der Waals surface area contributed by atoms with Gasteiger partial charge in [0, 0.05) is 6.04 Å². The van der Waals surface area contributed by atoms with Gasteiger partial charge in [0.25, 0.3) is 5.91 Å². The van der Waals surface area contributed by atoms with Crippen molar-refractivity contribution in [3.8, 4) is 17.2 Å². The van der Waals surface area contributed by atoms with Gasteiger partial charge in [0.1, 0.15) is 0 Å². The molecule has 0 heterocycles. The van der Waals surface area contributed by atoms with E-state index in [1.54, 1.807) is 14.2 Å². The Morgan fingerprint density at radius 1 is 1.14 bits per heavy atom. The smallest absolute Gasteiger partial charge is 0.258 e. The average Bonchev–Trinajstić information content (AvgIpc) is 2.53. The largest absolute Gasteiger partial charge is 0.493 e. The van der Waals surface area contributed by atoms with E-state index < -0.39 is 0 Å². The zero-order chi connectivity index (χ0) is 15.9. The molecule has 0 aromatic heterocycles. The molecule has 122 valence electrons. The normalized spacial score (nSPS) is 15.2. The number of ether oxygens (including phenoxy) is 3. The molecule has 1 amide bonds. The van der Waals surface area contributed by atoms with Crippen LogP contribution in [-0.2, 0) is 4.79 Å². The molecule has 0 atom stereocenters. The second kappa shape index (κ2) is 7.92. The highest BCUT2D eigenvalue weighted by atomic mass is 16.5. The van der Waals surface area contributed by atoms with Gasteiger partial charge in [0.2, 0.25) is 5.75 Å². The first kappa shape index (κ1) is 16.5. The fourth-order valence-corrected chi connectivity index (χ4v) is 2.81. The van der Waals surface area contributed by atoms with E-state index in [9.17, 15) is 4.79 Å². The summed E-state index contributed by atoms with van der Waals surface area (Å²) in [6, 6.07) is 4.00. The second-order valence-electron chi connectivity index (χ2n) is 5.69. The Balaban J connectivity index is 1.96. The summed E-state index contributed by atoms with van der Waals surface area (Å²) >= 11 is 0. The number of nitrogens with one attached hydrogen (secondary N) is 1. The molecule has 0 aliphatic heterocycles. The Morgan fingerprint density at radius 2 is 1.73 bits per heavy atom. The van der Waals surface area contributed by atoms with Crippen molar-refractivity contribution in [3.63, 3.8) is 0 Å². The lowest BCUT2D eigenvalue weighted by molar-refractivity contribution is -0.124. The van der Waals surface area contributed by atoms with Crippen molar-refractivity contribution in [2.75, 3.05) is 20.8 Å². The van der Waals surface area contributed by atoms with E-state index in [2.05, 4.69) is 5.32 Å². The minimum Gasteiger partial charge on any atom is -0.493 e. The van der Waals surface area contributed by atoms with Gasteiger partial charge in [-0.25, -0.2) is 0 Å². The highest BCUT2D eigenvalue weighted by Crippen LogP contribution is 2.38. The number of carbonyl (C=O) groups excluding carboxylic acids is 1. The summed E-state index contributed by atoms with van der Waals surface area (Å²) in [5.74, 6) is 1.51. The van der Waals surface area contributed by atoms with Gasteiger partial charge in [-0.2, -0.15) is 0 Å². The molecule has 0 unspecified atom stereocenters. The van der Waals surface area contributed by atoms with E-state index in [4.69, 9.17) is 14.2 Å². The molecule has 0 saturated heterocycles. The van der Waals surface area contributed by atoms with Crippen molar-refractivity contribution in [1.82, 2.24) is 5.32 Å². The molecule has 0 spiro atoms. The first-order valence-electron chi connectivity index (χ1n) is 7.79. The Labute approximate surface area is 131 Å². The first-order chi connectivity index (χ1) is 10.6. The van der Waals surface area contributed by atoms with Gasteiger partial charge in [0.15, 0.2) is 18.1 Å². The van der Waals surface area contributed by atoms with E-state index in [0.29, 0.717) is 17.2 Å². The molecule has 5 nitrogen and oxygen atoms in total. The van der Waals surface area contributed by atoms with Crippen LogP contribution >= 0.6 is 0 Å². The summed E-state index contributed by atoms with van der Waals surface area (Å²) in [5.41, 5.74) is 1.01. The third kappa shape index (κ3) is 4.29. The van der Waals surface area contributed by atoms with E-state index in [1.807, 2.05) is 19.1 Å². The first-order valence-corrected chi connectivity index (χ1v) is 7.79. The molecule has 0 radical (unpaired) electrons. The lowest BCUT2D eigenvalue weighted by atomic mass is 9.95. The Morgan fingerprint density at radius 3 is 2.27 bits per heavy atom. The quantitative estimate of drug-likeness (QED) is 0.878. The van der Waals surface area contributed by atoms with E-state index in [-0.39, 0.29) is 18.6 Å². The summed E-state index contributed by atoms with van der Waals surface area (Å²) in [6.07, 6.45) is 5.75. The molecule has 1 aliphatic rings. The minimum atomic E-state index is -0.100. The second-order valence-corrected chi connectivity index (χ2v) is 5.69. The zero-order valence-corrected chi connectivity index (χ0v) is 13.6. The van der Waals surface area contributed by atoms with Gasteiger partial charge < -0.3 is 19.5 Å². The SMILES string of the molecule is COc1cc(C)cc(OC)c1OCC(=O)NC1CCCCC1. The number of benzene rings is 1. The number of carbonyl (C=O) groups is 1. The molecule has 2 rings (SSSR count). The monoisotopic (exact) mass is 307 g/mol. The van der Waals surface area contributed by atoms with Crippen molar-refractivity contribution in [2.24, 2.45) is 0 Å². The van der Waals surface area contributed by atoms with Crippen molar-refractivity contribution in [2.45, 2.75) is 45.1 Å². The molecule has 22 heavy (non-hydrogen) atoms. The molecule has 1 aromatic carbocycles. The van der Waals surface area contributed by atoms with Crippen LogP contribution in [-0.4, -0.2) is 32.8 Å². The number of hydrogen-bond acceptors (Lipinski definition) is 4. The van der Waals surface area contributed by atoms with Gasteiger partial charge in [0.05, 0.1) is 14.2 Å². The van der Waals surface area contributed by atoms with E-state index in [0.717, 1.165) is 18.4 Å². The number of rotatable bonds is 6. The third-order valence-corrected chi connectivity index (χ3v) is 3.92. The van der Waals surface area contributed by atoms with Gasteiger partial charge in [-0.3, -0.25) is 4.79 Å². The van der Waals surface area contributed by atoms with Crippen LogP contribution in [0.2, 0.25) is 0 Å². The van der Waals surface area contributed by atoms with E-state index in [1.165, 1.54) is 19.3 Å². The number of hydrogen-bond donors (Lipinski definition) is 1. The average molecular weight is 307 g/mol. The van der Waals surface area contributed by atoms with Crippen LogP contribution in [0, 0.1) is 6.92 Å². The minimum absolute atomic E-state index is 0.0354. The van der Waals surface area contributed by atoms with Crippen LogP contribution < -0.4 is 19.5 Å². The molecule has 1 N–H and O–H groups in total. The highest BCUT2D eigenvalue weighted by Gasteiger charge is 2.18. The van der Waals surface area contributed by atoms with Crippen LogP contribution in [0.25, 0.3) is 0 Å². The Hall–Kier alpha value is -1.91. The zero-order valence-electron chi connectivity index (χ0n) is 13.6. The van der Waals surface area contributed by atoms with Crippen LogP contribution in [0.3, 0.4) is 0 Å². The molecule has 1 aromatic rings. The van der Waals surface area contributed by atoms with Crippen molar-refractivity contribution < 1.29 is 19.0 Å². The fraction of sp³-hybridized carbons (Fsp3) is 0.588. The van der Waals surface area contributed by atoms with Crippen LogP contribution in [0.4, 0.5) is 0 Å². The molecule has 1 fully saturated rings. The number of aryl methyl sites for hydroxylation is 1. The van der Waals surface area contributed by atoms with Gasteiger partial charge in [-0.1, -0.05) is 19.3 Å². The van der Waals surface area contributed by atoms with Gasteiger partial charge in [-0.15, -0.1) is 0 Å². The molecule has 0 bridgehead atoms. The third-order valence-electron chi connectivity index (χ3n) is 3.92. The van der Waals surface area contributed by atoms with Crippen LogP contribution in [0.5, 0.6) is 17.2 Å². The summed E-state index contributed by atoms with van der Waals surface area (Å²) in [5, 5.41) is 3.03. The lowest BCUT2D eigenvalue weighted by Gasteiger charge is -2.23. The van der Waals surface area contributed by atoms with Crippen molar-refractivity contribution in [1.29, 1.82) is 0 Å². The predicted octanol–water partition coefficient (Wildman–Crippen LogP) is 2.84. The maximum absolute atomic E-state index is 12.0. The van der Waals surface area contributed by atoms with Crippen molar-refractivity contribution in [3.05, 3.63) is 17.7 Å². The maximum atomic E-state index is 12.0. The topological polar surface area (TPSA) is 56.8 Å². The maximum Gasteiger partial charge on any atom is 0.258 e. The van der Waals surface area contributed by atoms with E-state index >= 15 is 0 Å².